The summed E-state index contributed by atoms with van der Waals surface area (Å²) in [5.41, 5.74) is 0.636. The van der Waals surface area contributed by atoms with Crippen molar-refractivity contribution in [2.45, 2.75) is 31.7 Å². The first kappa shape index (κ1) is 13.2. The zero-order valence-electron chi connectivity index (χ0n) is 11.6. The van der Waals surface area contributed by atoms with E-state index in [2.05, 4.69) is 0 Å². The van der Waals surface area contributed by atoms with Crippen LogP contribution in [0.3, 0.4) is 0 Å². The van der Waals surface area contributed by atoms with Crippen LogP contribution < -0.4 is 0 Å². The summed E-state index contributed by atoms with van der Waals surface area (Å²) >= 11 is 0. The normalized spacial score (nSPS) is 18.1. The third-order valence-electron chi connectivity index (χ3n) is 4.33. The topological polar surface area (TPSA) is 57.6 Å². The number of hydrogen-bond acceptors (Lipinski definition) is 2. The maximum Gasteiger partial charge on any atom is 0.335 e. The fraction of sp³-hybridized carbons (Fsp3) is 0.500. The molecule has 3 rings (SSSR count). The first-order valence-corrected chi connectivity index (χ1v) is 7.18. The fourth-order valence-corrected chi connectivity index (χ4v) is 3.02. The first-order chi connectivity index (χ1) is 9.58. The second kappa shape index (κ2) is 4.93. The zero-order valence-corrected chi connectivity index (χ0v) is 11.6. The predicted molar refractivity (Wildman–Crippen MR) is 74.7 cm³/mol. The Hall–Kier alpha value is -1.84. The molecule has 2 aliphatic carbocycles. The smallest absolute Gasteiger partial charge is 0.335 e. The number of benzene rings is 1. The number of amides is 1. The molecule has 4 heteroatoms. The largest absolute Gasteiger partial charge is 0.478 e. The summed E-state index contributed by atoms with van der Waals surface area (Å²) in [5, 5.41) is 9.01. The highest BCUT2D eigenvalue weighted by atomic mass is 16.4. The van der Waals surface area contributed by atoms with Gasteiger partial charge in [0.2, 0.25) is 0 Å². The standard InChI is InChI=1S/C16H19NO3/c1-17(14(10-5-6-10)11-7-8-11)15(18)12-3-2-4-13(9-12)16(19)20/h2-4,9-11,14H,5-8H2,1H3,(H,19,20). The lowest BCUT2D eigenvalue weighted by Gasteiger charge is -2.28. The van der Waals surface area contributed by atoms with Crippen molar-refractivity contribution in [1.82, 2.24) is 4.90 Å². The molecule has 1 aromatic rings. The number of carboxylic acids is 1. The SMILES string of the molecule is CN(C(=O)c1cccc(C(=O)O)c1)C(C1CC1)C1CC1. The molecule has 1 N–H and O–H groups in total. The van der Waals surface area contributed by atoms with Crippen LogP contribution in [0.5, 0.6) is 0 Å². The van der Waals surface area contributed by atoms with Crippen LogP contribution in [-0.2, 0) is 0 Å². The van der Waals surface area contributed by atoms with E-state index in [1.165, 1.54) is 37.8 Å². The van der Waals surface area contributed by atoms with Crippen molar-refractivity contribution in [2.75, 3.05) is 7.05 Å². The quantitative estimate of drug-likeness (QED) is 0.897. The Morgan fingerprint density at radius 3 is 2.20 bits per heavy atom. The van der Waals surface area contributed by atoms with E-state index in [-0.39, 0.29) is 11.5 Å². The van der Waals surface area contributed by atoms with E-state index in [4.69, 9.17) is 5.11 Å². The first-order valence-electron chi connectivity index (χ1n) is 7.18. The van der Waals surface area contributed by atoms with Gasteiger partial charge < -0.3 is 10.0 Å². The molecule has 2 saturated carbocycles. The van der Waals surface area contributed by atoms with E-state index >= 15 is 0 Å². The van der Waals surface area contributed by atoms with Gasteiger partial charge in [0.15, 0.2) is 0 Å². The van der Waals surface area contributed by atoms with E-state index in [0.29, 0.717) is 23.4 Å². The van der Waals surface area contributed by atoms with Crippen molar-refractivity contribution >= 4 is 11.9 Å². The molecule has 2 aliphatic rings. The van der Waals surface area contributed by atoms with E-state index < -0.39 is 5.97 Å². The van der Waals surface area contributed by atoms with Crippen molar-refractivity contribution < 1.29 is 14.7 Å². The predicted octanol–water partition coefficient (Wildman–Crippen LogP) is 2.65. The summed E-state index contributed by atoms with van der Waals surface area (Å²) in [4.78, 5) is 25.4. The van der Waals surface area contributed by atoms with Crippen molar-refractivity contribution in [1.29, 1.82) is 0 Å². The van der Waals surface area contributed by atoms with Gasteiger partial charge in [-0.2, -0.15) is 0 Å². The lowest BCUT2D eigenvalue weighted by atomic mass is 10.0. The number of carbonyl (C=O) groups excluding carboxylic acids is 1. The molecule has 1 amide bonds. The molecular formula is C16H19NO3. The molecule has 0 radical (unpaired) electrons. The second-order valence-electron chi connectivity index (χ2n) is 5.97. The molecule has 1 aromatic carbocycles. The minimum atomic E-state index is -0.997. The van der Waals surface area contributed by atoms with Gasteiger partial charge in [0.25, 0.3) is 5.91 Å². The van der Waals surface area contributed by atoms with Crippen molar-refractivity contribution in [3.05, 3.63) is 35.4 Å². The fourth-order valence-electron chi connectivity index (χ4n) is 3.02. The molecule has 0 heterocycles. The maximum absolute atomic E-state index is 12.6. The average Bonchev–Trinajstić information content (AvgIpc) is 3.32. The van der Waals surface area contributed by atoms with Gasteiger partial charge in [-0.15, -0.1) is 0 Å². The Morgan fingerprint density at radius 1 is 1.15 bits per heavy atom. The summed E-state index contributed by atoms with van der Waals surface area (Å²) < 4.78 is 0. The number of carboxylic acid groups (broad SMARTS) is 1. The van der Waals surface area contributed by atoms with Crippen LogP contribution in [-0.4, -0.2) is 35.0 Å². The van der Waals surface area contributed by atoms with Gasteiger partial charge >= 0.3 is 5.97 Å². The Morgan fingerprint density at radius 2 is 1.70 bits per heavy atom. The van der Waals surface area contributed by atoms with Crippen LogP contribution in [0.2, 0.25) is 0 Å². The van der Waals surface area contributed by atoms with Gasteiger partial charge in [-0.1, -0.05) is 6.07 Å². The molecule has 106 valence electrons. The number of carbonyl (C=O) groups is 2. The molecule has 0 aromatic heterocycles. The van der Waals surface area contributed by atoms with Gasteiger partial charge in [0.1, 0.15) is 0 Å². The lowest BCUT2D eigenvalue weighted by molar-refractivity contribution is 0.0690. The summed E-state index contributed by atoms with van der Waals surface area (Å²) in [7, 11) is 1.86. The summed E-state index contributed by atoms with van der Waals surface area (Å²) in [6, 6.07) is 6.66. The highest BCUT2D eigenvalue weighted by Gasteiger charge is 2.45. The monoisotopic (exact) mass is 273 g/mol. The van der Waals surface area contributed by atoms with Crippen LogP contribution in [0.4, 0.5) is 0 Å². The Bertz CT molecular complexity index is 534. The van der Waals surface area contributed by atoms with Crippen LogP contribution in [0.25, 0.3) is 0 Å². The molecule has 0 atom stereocenters. The zero-order chi connectivity index (χ0) is 14.3. The highest BCUT2D eigenvalue weighted by molar-refractivity contribution is 5.97. The number of nitrogens with zero attached hydrogens (tertiary/aromatic N) is 1. The summed E-state index contributed by atoms with van der Waals surface area (Å²) in [6.07, 6.45) is 4.86. The van der Waals surface area contributed by atoms with Crippen LogP contribution >= 0.6 is 0 Å². The van der Waals surface area contributed by atoms with E-state index in [1.807, 2.05) is 11.9 Å². The number of hydrogen-bond donors (Lipinski definition) is 1. The maximum atomic E-state index is 12.6. The van der Waals surface area contributed by atoms with E-state index in [9.17, 15) is 9.59 Å². The minimum Gasteiger partial charge on any atom is -0.478 e. The molecule has 4 nitrogen and oxygen atoms in total. The van der Waals surface area contributed by atoms with Crippen molar-refractivity contribution in [3.63, 3.8) is 0 Å². The molecule has 0 bridgehead atoms. The molecule has 0 aliphatic heterocycles. The van der Waals surface area contributed by atoms with Gasteiger partial charge in [-0.25, -0.2) is 4.79 Å². The molecule has 0 unspecified atom stereocenters. The molecule has 0 spiro atoms. The molecule has 0 saturated heterocycles. The minimum absolute atomic E-state index is 0.0584. The van der Waals surface area contributed by atoms with Crippen molar-refractivity contribution in [2.24, 2.45) is 11.8 Å². The molecular weight excluding hydrogens is 254 g/mol. The second-order valence-corrected chi connectivity index (χ2v) is 5.97. The molecule has 20 heavy (non-hydrogen) atoms. The Kier molecular flexibility index (Phi) is 3.24. The number of aromatic carboxylic acids is 1. The molecule has 2 fully saturated rings. The Balaban J connectivity index is 1.80. The summed E-state index contributed by atoms with van der Waals surface area (Å²) in [6.45, 7) is 0. The van der Waals surface area contributed by atoms with Gasteiger partial charge in [0, 0.05) is 18.7 Å². The van der Waals surface area contributed by atoms with Crippen LogP contribution in [0, 0.1) is 11.8 Å². The Labute approximate surface area is 118 Å². The average molecular weight is 273 g/mol. The van der Waals surface area contributed by atoms with Gasteiger partial charge in [-0.05, 0) is 55.7 Å². The number of rotatable bonds is 5. The third-order valence-corrected chi connectivity index (χ3v) is 4.33. The summed E-state index contributed by atoms with van der Waals surface area (Å²) in [5.74, 6) is 0.248. The van der Waals surface area contributed by atoms with Crippen LogP contribution in [0.1, 0.15) is 46.4 Å². The van der Waals surface area contributed by atoms with E-state index in [1.54, 1.807) is 12.1 Å². The lowest BCUT2D eigenvalue weighted by Crippen LogP contribution is -2.40. The van der Waals surface area contributed by atoms with Gasteiger partial charge in [0.05, 0.1) is 5.56 Å². The highest BCUT2D eigenvalue weighted by Crippen LogP contribution is 2.47. The third kappa shape index (κ3) is 2.55. The van der Waals surface area contributed by atoms with E-state index in [0.717, 1.165) is 0 Å². The van der Waals surface area contributed by atoms with Crippen molar-refractivity contribution in [3.8, 4) is 0 Å². The van der Waals surface area contributed by atoms with Crippen LogP contribution in [0.15, 0.2) is 24.3 Å². The van der Waals surface area contributed by atoms with Gasteiger partial charge in [-0.3, -0.25) is 4.79 Å².